The first kappa shape index (κ1) is 19.9. The molecule has 140 valence electrons. The number of benzene rings is 1. The van der Waals surface area contributed by atoms with Gasteiger partial charge in [0, 0.05) is 24.4 Å². The fourth-order valence-electron chi connectivity index (χ4n) is 2.35. The predicted octanol–water partition coefficient (Wildman–Crippen LogP) is 2.77. The fourth-order valence-corrected chi connectivity index (χ4v) is 4.00. The van der Waals surface area contributed by atoms with Crippen molar-refractivity contribution in [3.63, 3.8) is 0 Å². The summed E-state index contributed by atoms with van der Waals surface area (Å²) in [6, 6.07) is 9.58. The first-order valence-corrected chi connectivity index (χ1v) is 9.77. The summed E-state index contributed by atoms with van der Waals surface area (Å²) in [6.45, 7) is 5.30. The lowest BCUT2D eigenvalue weighted by molar-refractivity contribution is -0.128. The summed E-state index contributed by atoms with van der Waals surface area (Å²) < 4.78 is 31.4. The third-order valence-electron chi connectivity index (χ3n) is 3.95. The maximum Gasteiger partial charge on any atom is 0.225 e. The molecule has 0 saturated heterocycles. The third kappa shape index (κ3) is 4.60. The Bertz CT molecular complexity index is 841. The van der Waals surface area contributed by atoms with Gasteiger partial charge in [0.2, 0.25) is 5.91 Å². The molecule has 2 rings (SSSR count). The average Bonchev–Trinajstić information content (AvgIpc) is 2.61. The van der Waals surface area contributed by atoms with Crippen molar-refractivity contribution in [2.24, 2.45) is 5.41 Å². The lowest BCUT2D eigenvalue weighted by Crippen LogP contribution is -2.38. The predicted molar refractivity (Wildman–Crippen MR) is 99.6 cm³/mol. The van der Waals surface area contributed by atoms with Gasteiger partial charge in [0.15, 0.2) is 9.84 Å². The number of hydrogen-bond acceptors (Lipinski definition) is 5. The van der Waals surface area contributed by atoms with Gasteiger partial charge in [0.05, 0.1) is 12.0 Å². The minimum atomic E-state index is -3.73. The molecule has 1 amide bonds. The average molecular weight is 376 g/mol. The van der Waals surface area contributed by atoms with Gasteiger partial charge in [-0.05, 0) is 35.9 Å². The van der Waals surface area contributed by atoms with Crippen LogP contribution in [0.1, 0.15) is 31.6 Å². The lowest BCUT2D eigenvalue weighted by Gasteiger charge is -2.22. The van der Waals surface area contributed by atoms with Crippen molar-refractivity contribution in [2.45, 2.75) is 30.9 Å². The van der Waals surface area contributed by atoms with E-state index in [4.69, 9.17) is 4.74 Å². The molecule has 0 saturated carbocycles. The molecular formula is C19H24N2O4S. The third-order valence-corrected chi connectivity index (χ3v) is 6.07. The molecule has 1 atom stereocenters. The molecule has 0 bridgehead atoms. The fraction of sp³-hybridized carbons (Fsp3) is 0.368. The molecule has 6 nitrogen and oxygen atoms in total. The second-order valence-electron chi connectivity index (χ2n) is 6.96. The molecule has 26 heavy (non-hydrogen) atoms. The summed E-state index contributed by atoms with van der Waals surface area (Å²) in [5.74, 6) is 0.360. The van der Waals surface area contributed by atoms with Gasteiger partial charge in [-0.2, -0.15) is 0 Å². The number of hydrogen-bond donors (Lipinski definition) is 1. The van der Waals surface area contributed by atoms with Gasteiger partial charge in [-0.15, -0.1) is 0 Å². The highest BCUT2D eigenvalue weighted by molar-refractivity contribution is 7.91. The molecule has 0 aliphatic rings. The van der Waals surface area contributed by atoms with Crippen LogP contribution < -0.4 is 10.1 Å². The molecule has 1 aromatic carbocycles. The molecule has 0 unspecified atom stereocenters. The highest BCUT2D eigenvalue weighted by Crippen LogP contribution is 2.29. The minimum absolute atomic E-state index is 0.0316. The summed E-state index contributed by atoms with van der Waals surface area (Å²) >= 11 is 0. The summed E-state index contributed by atoms with van der Waals surface area (Å²) in [5.41, 5.74) is -0.0823. The van der Waals surface area contributed by atoms with E-state index in [9.17, 15) is 13.2 Å². The van der Waals surface area contributed by atoms with E-state index in [1.54, 1.807) is 51.2 Å². The number of nitrogens with zero attached hydrogens (tertiary/aromatic N) is 1. The maximum atomic E-state index is 13.2. The van der Waals surface area contributed by atoms with Crippen LogP contribution in [-0.4, -0.2) is 33.0 Å². The van der Waals surface area contributed by atoms with Crippen LogP contribution in [0.25, 0.3) is 0 Å². The van der Waals surface area contributed by atoms with Crippen LogP contribution >= 0.6 is 0 Å². The van der Waals surface area contributed by atoms with Crippen molar-refractivity contribution >= 4 is 15.7 Å². The van der Waals surface area contributed by atoms with Gasteiger partial charge in [-0.25, -0.2) is 8.42 Å². The second-order valence-corrected chi connectivity index (χ2v) is 9.09. The molecule has 0 radical (unpaired) electrons. The van der Waals surface area contributed by atoms with E-state index in [2.05, 4.69) is 10.3 Å². The Kier molecular flexibility index (Phi) is 6.02. The number of nitrogens with one attached hydrogen (secondary N) is 1. The number of pyridine rings is 1. The van der Waals surface area contributed by atoms with Gasteiger partial charge in [0.1, 0.15) is 11.0 Å². The number of carbonyl (C=O) groups excluding carboxylic acids is 1. The normalized spacial score (nSPS) is 13.1. The van der Waals surface area contributed by atoms with Crippen LogP contribution in [0.4, 0.5) is 0 Å². The SMILES string of the molecule is COc1ccc(S(=O)(=O)[C@H](CNC(=O)C(C)(C)C)c2cccnc2)cc1. The van der Waals surface area contributed by atoms with Crippen LogP contribution in [0.5, 0.6) is 5.75 Å². The zero-order valence-electron chi connectivity index (χ0n) is 15.4. The zero-order chi connectivity index (χ0) is 19.4. The van der Waals surface area contributed by atoms with Crippen molar-refractivity contribution in [1.29, 1.82) is 0 Å². The van der Waals surface area contributed by atoms with E-state index in [1.807, 2.05) is 0 Å². The molecule has 0 spiro atoms. The highest BCUT2D eigenvalue weighted by atomic mass is 32.2. The molecule has 0 aliphatic carbocycles. The number of ether oxygens (including phenoxy) is 1. The Morgan fingerprint density at radius 2 is 1.85 bits per heavy atom. The van der Waals surface area contributed by atoms with E-state index < -0.39 is 20.5 Å². The molecule has 0 aliphatic heterocycles. The van der Waals surface area contributed by atoms with Gasteiger partial charge in [-0.1, -0.05) is 26.8 Å². The smallest absolute Gasteiger partial charge is 0.225 e. The number of methoxy groups -OCH3 is 1. The maximum absolute atomic E-state index is 13.2. The number of carbonyl (C=O) groups is 1. The number of aromatic nitrogens is 1. The van der Waals surface area contributed by atoms with E-state index in [-0.39, 0.29) is 17.3 Å². The molecule has 1 heterocycles. The van der Waals surface area contributed by atoms with Gasteiger partial charge < -0.3 is 10.1 Å². The van der Waals surface area contributed by atoms with Crippen LogP contribution in [-0.2, 0) is 14.6 Å². The summed E-state index contributed by atoms with van der Waals surface area (Å²) in [5, 5.41) is 1.81. The molecular weight excluding hydrogens is 352 g/mol. The van der Waals surface area contributed by atoms with Crippen LogP contribution in [0.2, 0.25) is 0 Å². The van der Waals surface area contributed by atoms with Crippen LogP contribution in [0, 0.1) is 5.41 Å². The van der Waals surface area contributed by atoms with Crippen molar-refractivity contribution in [2.75, 3.05) is 13.7 Å². The minimum Gasteiger partial charge on any atom is -0.497 e. The van der Waals surface area contributed by atoms with E-state index in [0.717, 1.165) is 0 Å². The summed E-state index contributed by atoms with van der Waals surface area (Å²) in [4.78, 5) is 16.4. The van der Waals surface area contributed by atoms with E-state index in [0.29, 0.717) is 11.3 Å². The first-order chi connectivity index (χ1) is 12.2. The molecule has 2 aromatic rings. The Morgan fingerprint density at radius 3 is 2.35 bits per heavy atom. The number of sulfone groups is 1. The molecule has 7 heteroatoms. The Balaban J connectivity index is 2.37. The molecule has 1 aromatic heterocycles. The van der Waals surface area contributed by atoms with E-state index >= 15 is 0 Å². The standard InChI is InChI=1S/C19H24N2O4S/c1-19(2,3)18(22)21-13-17(14-6-5-11-20-12-14)26(23,24)16-9-7-15(25-4)8-10-16/h5-12,17H,13H2,1-4H3,(H,21,22)/t17-/m1/s1. The zero-order valence-corrected chi connectivity index (χ0v) is 16.2. The van der Waals surface area contributed by atoms with Crippen molar-refractivity contribution in [3.8, 4) is 5.75 Å². The lowest BCUT2D eigenvalue weighted by atomic mass is 9.95. The topological polar surface area (TPSA) is 85.4 Å². The van der Waals surface area contributed by atoms with Crippen LogP contribution in [0.3, 0.4) is 0 Å². The monoisotopic (exact) mass is 376 g/mol. The van der Waals surface area contributed by atoms with E-state index in [1.165, 1.54) is 25.4 Å². The van der Waals surface area contributed by atoms with Gasteiger partial charge in [0.25, 0.3) is 0 Å². The number of rotatable bonds is 6. The quantitative estimate of drug-likeness (QED) is 0.838. The van der Waals surface area contributed by atoms with Gasteiger partial charge in [-0.3, -0.25) is 9.78 Å². The first-order valence-electron chi connectivity index (χ1n) is 8.22. The Hall–Kier alpha value is -2.41. The van der Waals surface area contributed by atoms with Crippen molar-refractivity contribution < 1.29 is 17.9 Å². The molecule has 0 fully saturated rings. The highest BCUT2D eigenvalue weighted by Gasteiger charge is 2.31. The Morgan fingerprint density at radius 1 is 1.19 bits per heavy atom. The Labute approximate surface area is 154 Å². The largest absolute Gasteiger partial charge is 0.497 e. The number of amides is 1. The van der Waals surface area contributed by atoms with Crippen molar-refractivity contribution in [1.82, 2.24) is 10.3 Å². The van der Waals surface area contributed by atoms with Gasteiger partial charge >= 0.3 is 0 Å². The summed E-state index contributed by atoms with van der Waals surface area (Å²) in [6.07, 6.45) is 3.09. The summed E-state index contributed by atoms with van der Waals surface area (Å²) in [7, 11) is -2.21. The van der Waals surface area contributed by atoms with Crippen molar-refractivity contribution in [3.05, 3.63) is 54.4 Å². The van der Waals surface area contributed by atoms with Crippen LogP contribution in [0.15, 0.2) is 53.7 Å². The molecule has 1 N–H and O–H groups in total. The second kappa shape index (κ2) is 7.86.